The summed E-state index contributed by atoms with van der Waals surface area (Å²) in [7, 11) is 1.99. The second kappa shape index (κ2) is 5.67. The zero-order chi connectivity index (χ0) is 13.9. The normalized spacial score (nSPS) is 18.6. The van der Waals surface area contributed by atoms with Gasteiger partial charge in [0.05, 0.1) is 11.7 Å². The number of nitrogens with zero attached hydrogens (tertiary/aromatic N) is 2. The van der Waals surface area contributed by atoms with Crippen molar-refractivity contribution in [1.82, 2.24) is 15.1 Å². The number of aromatic nitrogens is 2. The molecule has 4 heteroatoms. The molecule has 1 aliphatic heterocycles. The molecule has 20 heavy (non-hydrogen) atoms. The maximum absolute atomic E-state index is 6.11. The van der Waals surface area contributed by atoms with Crippen LogP contribution in [-0.2, 0) is 13.0 Å². The molecule has 2 atom stereocenters. The van der Waals surface area contributed by atoms with Crippen molar-refractivity contribution in [3.05, 3.63) is 47.8 Å². The number of likely N-dealkylation sites (N-methyl/N-ethyl adjacent to an activating group) is 1. The summed E-state index contributed by atoms with van der Waals surface area (Å²) in [5.74, 6) is 1.01. The van der Waals surface area contributed by atoms with Crippen LogP contribution in [0.5, 0.6) is 5.75 Å². The van der Waals surface area contributed by atoms with E-state index in [0.29, 0.717) is 0 Å². The van der Waals surface area contributed by atoms with Gasteiger partial charge < -0.3 is 10.1 Å². The van der Waals surface area contributed by atoms with Crippen molar-refractivity contribution in [2.45, 2.75) is 38.5 Å². The Morgan fingerprint density at radius 1 is 1.40 bits per heavy atom. The minimum atomic E-state index is 0.129. The predicted octanol–water partition coefficient (Wildman–Crippen LogP) is 2.56. The molecule has 0 aliphatic carbocycles. The first kappa shape index (κ1) is 13.2. The SMILES string of the molecule is CCCn1nccc1C(NC)C1Cc2ccccc2O1. The largest absolute Gasteiger partial charge is 0.488 e. The van der Waals surface area contributed by atoms with Gasteiger partial charge in [0, 0.05) is 19.2 Å². The Hall–Kier alpha value is -1.81. The summed E-state index contributed by atoms with van der Waals surface area (Å²) in [5.41, 5.74) is 2.49. The second-order valence-electron chi connectivity index (χ2n) is 5.21. The molecule has 1 aliphatic rings. The third kappa shape index (κ3) is 2.31. The quantitative estimate of drug-likeness (QED) is 0.908. The van der Waals surface area contributed by atoms with Crippen LogP contribution in [0.2, 0.25) is 0 Å². The van der Waals surface area contributed by atoms with E-state index < -0.39 is 0 Å². The van der Waals surface area contributed by atoms with Crippen molar-refractivity contribution < 1.29 is 4.74 Å². The van der Waals surface area contributed by atoms with Crippen molar-refractivity contribution in [3.8, 4) is 5.75 Å². The van der Waals surface area contributed by atoms with Gasteiger partial charge in [-0.15, -0.1) is 0 Å². The number of ether oxygens (including phenoxy) is 1. The summed E-state index contributed by atoms with van der Waals surface area (Å²) in [5, 5.41) is 7.81. The van der Waals surface area contributed by atoms with E-state index in [1.54, 1.807) is 0 Å². The average Bonchev–Trinajstić information content (AvgIpc) is 3.07. The van der Waals surface area contributed by atoms with Crippen LogP contribution in [0, 0.1) is 0 Å². The molecule has 3 rings (SSSR count). The molecule has 2 heterocycles. The molecule has 1 aromatic heterocycles. The third-order valence-electron chi connectivity index (χ3n) is 3.86. The van der Waals surface area contributed by atoms with Crippen LogP contribution in [0.3, 0.4) is 0 Å². The molecule has 0 bridgehead atoms. The van der Waals surface area contributed by atoms with Crippen LogP contribution in [0.4, 0.5) is 0 Å². The molecule has 0 spiro atoms. The summed E-state index contributed by atoms with van der Waals surface area (Å²) in [6, 6.07) is 10.5. The highest BCUT2D eigenvalue weighted by Crippen LogP contribution is 2.33. The van der Waals surface area contributed by atoms with E-state index in [1.807, 2.05) is 25.4 Å². The molecule has 1 aromatic carbocycles. The minimum absolute atomic E-state index is 0.129. The van der Waals surface area contributed by atoms with E-state index in [9.17, 15) is 0 Å². The maximum atomic E-state index is 6.11. The van der Waals surface area contributed by atoms with Crippen LogP contribution >= 0.6 is 0 Å². The summed E-state index contributed by atoms with van der Waals surface area (Å²) < 4.78 is 8.19. The molecule has 2 unspecified atom stereocenters. The fourth-order valence-electron chi connectivity index (χ4n) is 2.92. The number of fused-ring (bicyclic) bond motifs is 1. The van der Waals surface area contributed by atoms with Crippen LogP contribution < -0.4 is 10.1 Å². The summed E-state index contributed by atoms with van der Waals surface area (Å²) in [6.45, 7) is 3.11. The van der Waals surface area contributed by atoms with E-state index in [0.717, 1.165) is 25.1 Å². The Morgan fingerprint density at radius 3 is 3.00 bits per heavy atom. The van der Waals surface area contributed by atoms with Gasteiger partial charge in [-0.1, -0.05) is 25.1 Å². The molecule has 0 amide bonds. The first-order valence-corrected chi connectivity index (χ1v) is 7.27. The van der Waals surface area contributed by atoms with Gasteiger partial charge in [0.25, 0.3) is 0 Å². The summed E-state index contributed by atoms with van der Waals surface area (Å²) >= 11 is 0. The number of aryl methyl sites for hydroxylation is 1. The highest BCUT2D eigenvalue weighted by molar-refractivity contribution is 5.38. The second-order valence-corrected chi connectivity index (χ2v) is 5.21. The van der Waals surface area contributed by atoms with E-state index in [-0.39, 0.29) is 12.1 Å². The molecule has 0 saturated heterocycles. The zero-order valence-corrected chi connectivity index (χ0v) is 12.0. The van der Waals surface area contributed by atoms with Crippen molar-refractivity contribution in [1.29, 1.82) is 0 Å². The summed E-state index contributed by atoms with van der Waals surface area (Å²) in [6.07, 6.45) is 4.03. The van der Waals surface area contributed by atoms with Gasteiger partial charge in [-0.05, 0) is 31.2 Å². The standard InChI is InChI=1S/C16H21N3O/c1-3-10-19-13(8-9-18-19)16(17-2)15-11-12-6-4-5-7-14(12)20-15/h4-9,15-17H,3,10-11H2,1-2H3. The van der Waals surface area contributed by atoms with Gasteiger partial charge in [-0.2, -0.15) is 5.10 Å². The molecular weight excluding hydrogens is 250 g/mol. The van der Waals surface area contributed by atoms with Crippen molar-refractivity contribution in [2.75, 3.05) is 7.05 Å². The third-order valence-corrected chi connectivity index (χ3v) is 3.86. The molecular formula is C16H21N3O. The lowest BCUT2D eigenvalue weighted by molar-refractivity contribution is 0.178. The number of hydrogen-bond donors (Lipinski definition) is 1. The topological polar surface area (TPSA) is 39.1 Å². The Bertz CT molecular complexity index is 554. The number of nitrogens with one attached hydrogen (secondary N) is 1. The Morgan fingerprint density at radius 2 is 2.25 bits per heavy atom. The molecule has 106 valence electrons. The smallest absolute Gasteiger partial charge is 0.124 e. The summed E-state index contributed by atoms with van der Waals surface area (Å²) in [4.78, 5) is 0. The first-order valence-electron chi connectivity index (χ1n) is 7.27. The average molecular weight is 271 g/mol. The van der Waals surface area contributed by atoms with Gasteiger partial charge in [-0.25, -0.2) is 0 Å². The van der Waals surface area contributed by atoms with Crippen molar-refractivity contribution in [3.63, 3.8) is 0 Å². The fraction of sp³-hybridized carbons (Fsp3) is 0.438. The van der Waals surface area contributed by atoms with Crippen LogP contribution in [0.25, 0.3) is 0 Å². The number of para-hydroxylation sites is 1. The van der Waals surface area contributed by atoms with E-state index >= 15 is 0 Å². The number of benzene rings is 1. The van der Waals surface area contributed by atoms with Gasteiger partial charge >= 0.3 is 0 Å². The molecule has 2 aromatic rings. The lowest BCUT2D eigenvalue weighted by Crippen LogP contribution is -2.34. The Kier molecular flexibility index (Phi) is 3.74. The zero-order valence-electron chi connectivity index (χ0n) is 12.0. The molecule has 0 fully saturated rings. The van der Waals surface area contributed by atoms with Crippen LogP contribution in [-0.4, -0.2) is 22.9 Å². The van der Waals surface area contributed by atoms with Crippen LogP contribution in [0.15, 0.2) is 36.5 Å². The Labute approximate surface area is 119 Å². The van der Waals surface area contributed by atoms with Crippen molar-refractivity contribution >= 4 is 0 Å². The van der Waals surface area contributed by atoms with Gasteiger partial charge in [0.2, 0.25) is 0 Å². The van der Waals surface area contributed by atoms with E-state index in [1.165, 1.54) is 11.3 Å². The highest BCUT2D eigenvalue weighted by Gasteiger charge is 2.32. The number of rotatable bonds is 5. The first-order chi connectivity index (χ1) is 9.83. The Balaban J connectivity index is 1.83. The van der Waals surface area contributed by atoms with Gasteiger partial charge in [0.1, 0.15) is 11.9 Å². The lowest BCUT2D eigenvalue weighted by Gasteiger charge is -2.23. The lowest BCUT2D eigenvalue weighted by atomic mass is 10.0. The molecule has 0 saturated carbocycles. The van der Waals surface area contributed by atoms with E-state index in [2.05, 4.69) is 40.2 Å². The minimum Gasteiger partial charge on any atom is -0.488 e. The fourth-order valence-corrected chi connectivity index (χ4v) is 2.92. The van der Waals surface area contributed by atoms with Gasteiger partial charge in [-0.3, -0.25) is 4.68 Å². The van der Waals surface area contributed by atoms with E-state index in [4.69, 9.17) is 4.74 Å². The monoisotopic (exact) mass is 271 g/mol. The molecule has 1 N–H and O–H groups in total. The highest BCUT2D eigenvalue weighted by atomic mass is 16.5. The number of hydrogen-bond acceptors (Lipinski definition) is 3. The maximum Gasteiger partial charge on any atom is 0.124 e. The molecule has 4 nitrogen and oxygen atoms in total. The molecule has 0 radical (unpaired) electrons. The predicted molar refractivity (Wildman–Crippen MR) is 78.9 cm³/mol. The van der Waals surface area contributed by atoms with Crippen LogP contribution in [0.1, 0.15) is 30.6 Å². The van der Waals surface area contributed by atoms with Gasteiger partial charge in [0.15, 0.2) is 0 Å². The van der Waals surface area contributed by atoms with Crippen molar-refractivity contribution in [2.24, 2.45) is 0 Å².